The van der Waals surface area contributed by atoms with E-state index in [1.807, 2.05) is 19.9 Å². The van der Waals surface area contributed by atoms with Crippen LogP contribution in [0.4, 0.5) is 5.69 Å². The number of carboxylic acid groups (broad SMARTS) is 1. The van der Waals surface area contributed by atoms with E-state index in [9.17, 15) is 24.3 Å². The Balaban J connectivity index is 1.61. The summed E-state index contributed by atoms with van der Waals surface area (Å²) in [5.41, 5.74) is 1.54. The van der Waals surface area contributed by atoms with Crippen molar-refractivity contribution in [3.8, 4) is 17.2 Å². The summed E-state index contributed by atoms with van der Waals surface area (Å²) in [4.78, 5) is 52.2. The van der Waals surface area contributed by atoms with E-state index in [0.717, 1.165) is 0 Å². The lowest BCUT2D eigenvalue weighted by atomic mass is 9.92. The molecule has 0 saturated heterocycles. The lowest BCUT2D eigenvalue weighted by molar-refractivity contribution is -0.143. The minimum atomic E-state index is -1.12. The lowest BCUT2D eigenvalue weighted by Crippen LogP contribution is -2.46. The third-order valence-electron chi connectivity index (χ3n) is 7.92. The van der Waals surface area contributed by atoms with Gasteiger partial charge in [0.25, 0.3) is 11.5 Å². The number of rotatable bonds is 11. The van der Waals surface area contributed by atoms with Crippen LogP contribution in [0.25, 0.3) is 5.69 Å². The van der Waals surface area contributed by atoms with Crippen LogP contribution in [0.15, 0.2) is 71.5 Å². The molecule has 0 fully saturated rings. The first-order chi connectivity index (χ1) is 22.8. The molecule has 2 heterocycles. The van der Waals surface area contributed by atoms with Crippen LogP contribution in [0.3, 0.4) is 0 Å². The molecule has 5 rings (SSSR count). The van der Waals surface area contributed by atoms with Gasteiger partial charge in [-0.05, 0) is 48.5 Å². The number of carbonyl (C=O) groups is 3. The first-order valence-corrected chi connectivity index (χ1v) is 15.4. The number of methoxy groups -OCH3 is 2. The molecule has 12 nitrogen and oxygen atoms in total. The Morgan fingerprint density at radius 2 is 1.73 bits per heavy atom. The molecule has 0 aliphatic carbocycles. The fraction of sp³-hybridized carbons (Fsp3) is 0.314. The van der Waals surface area contributed by atoms with Crippen LogP contribution in [0.2, 0.25) is 5.02 Å². The number of fused-ring (bicyclic) bond motifs is 1. The van der Waals surface area contributed by atoms with Gasteiger partial charge in [0, 0.05) is 58.9 Å². The number of nitrogens with one attached hydrogen (secondary N) is 1. The van der Waals surface area contributed by atoms with Crippen molar-refractivity contribution in [3.63, 3.8) is 0 Å². The van der Waals surface area contributed by atoms with E-state index >= 15 is 0 Å². The van der Waals surface area contributed by atoms with E-state index in [2.05, 4.69) is 5.10 Å². The van der Waals surface area contributed by atoms with E-state index in [0.29, 0.717) is 44.7 Å². The van der Waals surface area contributed by atoms with E-state index in [1.54, 1.807) is 35.2 Å². The number of carbonyl (C=O) groups excluding carboxylic acids is 2. The largest absolute Gasteiger partial charge is 0.493 e. The second-order valence-corrected chi connectivity index (χ2v) is 12.6. The van der Waals surface area contributed by atoms with Crippen LogP contribution >= 0.6 is 11.6 Å². The third-order valence-corrected chi connectivity index (χ3v) is 8.16. The molecule has 4 aromatic rings. The number of benzene rings is 3. The number of aromatic carboxylic acids is 1. The van der Waals surface area contributed by atoms with Crippen molar-refractivity contribution in [1.82, 2.24) is 9.78 Å². The molecule has 252 valence electrons. The molecule has 48 heavy (non-hydrogen) atoms. The third kappa shape index (κ3) is 7.24. The molecule has 0 radical (unpaired) electrons. The maximum atomic E-state index is 14.6. The maximum absolute atomic E-state index is 14.6. The zero-order valence-electron chi connectivity index (χ0n) is 27.1. The monoisotopic (exact) mass is 677 g/mol. The Morgan fingerprint density at radius 3 is 2.38 bits per heavy atom. The van der Waals surface area contributed by atoms with E-state index in [1.165, 1.54) is 56.2 Å². The summed E-state index contributed by atoms with van der Waals surface area (Å²) in [5.74, 6) is -1.04. The molecule has 1 aromatic heterocycles. The second kappa shape index (κ2) is 14.0. The van der Waals surface area contributed by atoms with Crippen molar-refractivity contribution in [2.75, 3.05) is 32.3 Å². The summed E-state index contributed by atoms with van der Waals surface area (Å²) in [6.07, 6.45) is -2.02. The van der Waals surface area contributed by atoms with Crippen molar-refractivity contribution >= 4 is 35.1 Å². The van der Waals surface area contributed by atoms with Gasteiger partial charge in [-0.3, -0.25) is 19.5 Å². The number of hydrogen-bond donors (Lipinski definition) is 2. The average molecular weight is 678 g/mol. The summed E-state index contributed by atoms with van der Waals surface area (Å²) in [5, 5.41) is 12.7. The molecular formula is C35H36ClN3O9. The Hall–Kier alpha value is -5.07. The second-order valence-electron chi connectivity index (χ2n) is 12.2. The topological polar surface area (TPSA) is 149 Å². The highest BCUT2D eigenvalue weighted by molar-refractivity contribution is 6.30. The number of ether oxygens (including phenoxy) is 4. The summed E-state index contributed by atoms with van der Waals surface area (Å²) >= 11 is 6.54. The molecule has 2 atom stereocenters. The van der Waals surface area contributed by atoms with Gasteiger partial charge in [0.05, 0.1) is 32.1 Å². The molecule has 0 bridgehead atoms. The molecule has 0 spiro atoms. The number of H-pyrrole nitrogens is 1. The molecule has 0 saturated carbocycles. The summed E-state index contributed by atoms with van der Waals surface area (Å²) < 4.78 is 24.6. The van der Waals surface area contributed by atoms with Gasteiger partial charge in [-0.1, -0.05) is 37.6 Å². The smallest absolute Gasteiger partial charge is 0.335 e. The lowest BCUT2D eigenvalue weighted by Gasteiger charge is -2.33. The van der Waals surface area contributed by atoms with Gasteiger partial charge >= 0.3 is 11.9 Å². The maximum Gasteiger partial charge on any atom is 0.335 e. The quantitative estimate of drug-likeness (QED) is 0.205. The Bertz CT molecular complexity index is 1900. The molecule has 2 N–H and O–H groups in total. The number of aromatic amines is 1. The van der Waals surface area contributed by atoms with Gasteiger partial charge in [0.2, 0.25) is 0 Å². The van der Waals surface area contributed by atoms with Crippen LogP contribution in [-0.2, 0) is 25.5 Å². The van der Waals surface area contributed by atoms with Crippen molar-refractivity contribution in [3.05, 3.63) is 104 Å². The highest BCUT2D eigenvalue weighted by Gasteiger charge is 2.40. The first kappa shape index (κ1) is 34.3. The van der Waals surface area contributed by atoms with Crippen molar-refractivity contribution in [2.45, 2.75) is 39.4 Å². The van der Waals surface area contributed by atoms with Crippen LogP contribution in [-0.4, -0.2) is 66.2 Å². The molecule has 13 heteroatoms. The first-order valence-electron chi connectivity index (χ1n) is 15.1. The number of hydrogen-bond acceptors (Lipinski definition) is 8. The predicted molar refractivity (Wildman–Crippen MR) is 178 cm³/mol. The summed E-state index contributed by atoms with van der Waals surface area (Å²) in [6, 6.07) is 17.7. The Labute approximate surface area is 281 Å². The number of amides is 1. The Kier molecular flexibility index (Phi) is 9.97. The van der Waals surface area contributed by atoms with Crippen molar-refractivity contribution in [2.24, 2.45) is 5.41 Å². The van der Waals surface area contributed by atoms with E-state index in [4.69, 9.17) is 30.5 Å². The molecule has 1 amide bonds. The van der Waals surface area contributed by atoms with Crippen LogP contribution < -0.4 is 19.9 Å². The number of anilines is 1. The number of halogens is 1. The summed E-state index contributed by atoms with van der Waals surface area (Å²) in [6.45, 7) is 5.31. The Morgan fingerprint density at radius 1 is 1.00 bits per heavy atom. The average Bonchev–Trinajstić information content (AvgIpc) is 3.39. The standard InChI is InChI=1S/C35H36ClN3O9/c1-20(40)47-19-35(2,3)18-38-27-14-11-22(36)15-26(27)31(25-7-6-8-28(45-4)32(25)46-5)48-29(33(38)42)16-23-17-30(41)39(37-23)24-12-9-21(10-13-24)34(43)44/h6-15,17,29,31,37H,16,18-19H2,1-5H3,(H,43,44)/t29-,31-/m1/s1. The number of carboxylic acids is 1. The van der Waals surface area contributed by atoms with Gasteiger partial charge in [-0.25, -0.2) is 9.48 Å². The van der Waals surface area contributed by atoms with Gasteiger partial charge in [0.15, 0.2) is 11.5 Å². The van der Waals surface area contributed by atoms with E-state index in [-0.39, 0.29) is 25.1 Å². The van der Waals surface area contributed by atoms with Gasteiger partial charge in [-0.15, -0.1) is 0 Å². The van der Waals surface area contributed by atoms with Crippen LogP contribution in [0.5, 0.6) is 11.5 Å². The van der Waals surface area contributed by atoms with Gasteiger partial charge in [-0.2, -0.15) is 0 Å². The molecule has 1 aliphatic rings. The minimum absolute atomic E-state index is 0.0281. The van der Waals surface area contributed by atoms with Crippen molar-refractivity contribution < 1.29 is 38.4 Å². The molecule has 0 unspecified atom stereocenters. The van der Waals surface area contributed by atoms with Gasteiger partial charge in [0.1, 0.15) is 12.2 Å². The number of nitrogens with zero attached hydrogens (tertiary/aromatic N) is 2. The number of esters is 1. The summed E-state index contributed by atoms with van der Waals surface area (Å²) in [7, 11) is 3.04. The minimum Gasteiger partial charge on any atom is -0.493 e. The normalized spacial score (nSPS) is 16.2. The van der Waals surface area contributed by atoms with Gasteiger partial charge < -0.3 is 29.0 Å². The zero-order valence-corrected chi connectivity index (χ0v) is 27.9. The molecular weight excluding hydrogens is 642 g/mol. The highest BCUT2D eigenvalue weighted by Crippen LogP contribution is 2.45. The zero-order chi connectivity index (χ0) is 34.7. The van der Waals surface area contributed by atoms with Crippen molar-refractivity contribution in [1.29, 1.82) is 0 Å². The fourth-order valence-electron chi connectivity index (χ4n) is 5.69. The number of aromatic nitrogens is 2. The predicted octanol–water partition coefficient (Wildman–Crippen LogP) is 5.19. The molecule has 1 aliphatic heterocycles. The SMILES string of the molecule is COc1cccc([C@H]2O[C@H](Cc3cc(=O)n(-c4ccc(C(=O)O)cc4)[nH]3)C(=O)N(CC(C)(C)COC(C)=O)c3ccc(Cl)cc32)c1OC. The highest BCUT2D eigenvalue weighted by atomic mass is 35.5. The van der Waals surface area contributed by atoms with Crippen LogP contribution in [0, 0.1) is 5.41 Å². The van der Waals surface area contributed by atoms with Crippen LogP contribution in [0.1, 0.15) is 54.1 Å². The fourth-order valence-corrected chi connectivity index (χ4v) is 5.87. The number of para-hydroxylation sites is 1. The van der Waals surface area contributed by atoms with E-state index < -0.39 is 41.0 Å². The molecule has 3 aromatic carbocycles.